The zero-order valence-corrected chi connectivity index (χ0v) is 21.9. The smallest absolute Gasteiger partial charge is 0.435 e. The molecule has 198 valence electrons. The lowest BCUT2D eigenvalue weighted by Gasteiger charge is -2.34. The normalized spacial score (nSPS) is 16.4. The maximum absolute atomic E-state index is 13.7. The molecule has 1 unspecified atom stereocenters. The molecule has 1 atom stereocenters. The van der Waals surface area contributed by atoms with Crippen LogP contribution in [0.1, 0.15) is 60.3 Å². The molecule has 0 spiro atoms. The quantitative estimate of drug-likeness (QED) is 0.224. The summed E-state index contributed by atoms with van der Waals surface area (Å²) in [4.78, 5) is 31.1. The summed E-state index contributed by atoms with van der Waals surface area (Å²) in [5.74, 6) is 0.0175. The number of hydrogen-bond donors (Lipinski definition) is 0. The van der Waals surface area contributed by atoms with Crippen LogP contribution in [0.25, 0.3) is 21.6 Å². The van der Waals surface area contributed by atoms with Crippen LogP contribution in [0.3, 0.4) is 0 Å². The fraction of sp³-hybridized carbons (Fsp3) is 0.379. The molecule has 0 aliphatic heterocycles. The maximum atomic E-state index is 13.7. The minimum atomic E-state index is -0.955. The molecule has 0 saturated heterocycles. The zero-order valence-electron chi connectivity index (χ0n) is 21.9. The monoisotopic (exact) mass is 523 g/mol. The second-order valence-electron chi connectivity index (χ2n) is 10.7. The van der Waals surface area contributed by atoms with E-state index >= 15 is 0 Å². The number of hydrogen-bond acceptors (Lipinski definition) is 6. The molecule has 1 aromatic heterocycles. The first-order valence-electron chi connectivity index (χ1n) is 13.0. The third-order valence-corrected chi connectivity index (χ3v) is 7.16. The third kappa shape index (κ3) is 5.79. The van der Waals surface area contributed by atoms with Gasteiger partial charge in [0.2, 0.25) is 0 Å². The van der Waals surface area contributed by atoms with Crippen LogP contribution in [0.4, 0.5) is 4.79 Å². The van der Waals surface area contributed by atoms with Crippen LogP contribution in [-0.2, 0) is 17.6 Å². The van der Waals surface area contributed by atoms with Gasteiger partial charge in [-0.3, -0.25) is 4.79 Å². The number of fused-ring (bicyclic) bond motifs is 1. The Morgan fingerprint density at radius 3 is 2.41 bits per heavy atom. The number of amides is 1. The van der Waals surface area contributed by atoms with Gasteiger partial charge >= 0.3 is 6.09 Å². The van der Waals surface area contributed by atoms with Crippen molar-refractivity contribution in [2.75, 3.05) is 6.54 Å². The Bertz CT molecular complexity index is 1470. The number of carbonyl (C=O) groups excluding carboxylic acids is 2. The van der Waals surface area contributed by atoms with Crippen LogP contribution in [0.5, 0.6) is 0 Å². The van der Waals surface area contributed by atoms with E-state index in [9.17, 15) is 9.59 Å². The first-order chi connectivity index (χ1) is 18.8. The molecule has 0 N–H and O–H groups in total. The largest absolute Gasteiger partial charge is 0.442 e. The molecule has 1 fully saturated rings. The standard InChI is InChI=1S/C29H29N7O3/c1-29(2,18-32-34-31)39-28(38)35-17-23-15-25(13-14-26(23)33-35)36(24-11-12-24)27(37)22-9-7-21(8-10-22)20-5-3-19(16-30)4-6-20/h3-10,17,24-25H,11-15,18H2,1-2H3. The Labute approximate surface area is 226 Å². The van der Waals surface area contributed by atoms with E-state index in [-0.39, 0.29) is 24.5 Å². The fourth-order valence-corrected chi connectivity index (χ4v) is 5.01. The van der Waals surface area contributed by atoms with Crippen LogP contribution in [0, 0.1) is 11.3 Å². The molecule has 5 rings (SSSR count). The van der Waals surface area contributed by atoms with Crippen LogP contribution < -0.4 is 0 Å². The van der Waals surface area contributed by atoms with Gasteiger partial charge in [-0.05, 0) is 92.4 Å². The molecule has 3 aromatic rings. The molecule has 2 aromatic carbocycles. The minimum Gasteiger partial charge on any atom is -0.442 e. The summed E-state index contributed by atoms with van der Waals surface area (Å²) < 4.78 is 6.70. The molecule has 39 heavy (non-hydrogen) atoms. The molecule has 1 heterocycles. The highest BCUT2D eigenvalue weighted by Gasteiger charge is 2.39. The van der Waals surface area contributed by atoms with Crippen molar-refractivity contribution in [3.8, 4) is 17.2 Å². The number of azide groups is 1. The first kappa shape index (κ1) is 26.0. The number of aryl methyl sites for hydroxylation is 1. The Kier molecular flexibility index (Phi) is 7.09. The van der Waals surface area contributed by atoms with Crippen LogP contribution in [0.15, 0.2) is 59.8 Å². The van der Waals surface area contributed by atoms with Gasteiger partial charge in [-0.2, -0.15) is 15.0 Å². The van der Waals surface area contributed by atoms with Crippen molar-refractivity contribution in [1.82, 2.24) is 14.7 Å². The van der Waals surface area contributed by atoms with Gasteiger partial charge in [0.05, 0.1) is 23.9 Å². The fourth-order valence-electron chi connectivity index (χ4n) is 5.01. The average Bonchev–Trinajstić information content (AvgIpc) is 3.68. The second kappa shape index (κ2) is 10.6. The summed E-state index contributed by atoms with van der Waals surface area (Å²) in [6.07, 6.45) is 5.10. The predicted molar refractivity (Wildman–Crippen MR) is 144 cm³/mol. The number of nitriles is 1. The molecule has 10 heteroatoms. The molecule has 1 amide bonds. The Hall–Kier alpha value is -4.61. The van der Waals surface area contributed by atoms with Gasteiger partial charge in [-0.25, -0.2) is 4.79 Å². The number of rotatable bonds is 7. The highest BCUT2D eigenvalue weighted by Crippen LogP contribution is 2.35. The minimum absolute atomic E-state index is 0.0175. The lowest BCUT2D eigenvalue weighted by atomic mass is 9.91. The van der Waals surface area contributed by atoms with Crippen molar-refractivity contribution in [2.24, 2.45) is 5.11 Å². The van der Waals surface area contributed by atoms with Crippen LogP contribution >= 0.6 is 0 Å². The molecule has 0 bridgehead atoms. The average molecular weight is 524 g/mol. The molecular formula is C29H29N7O3. The lowest BCUT2D eigenvalue weighted by Crippen LogP contribution is -2.44. The van der Waals surface area contributed by atoms with Crippen molar-refractivity contribution in [3.05, 3.63) is 87.6 Å². The van der Waals surface area contributed by atoms with Crippen molar-refractivity contribution >= 4 is 12.0 Å². The van der Waals surface area contributed by atoms with Gasteiger partial charge in [0.1, 0.15) is 5.60 Å². The van der Waals surface area contributed by atoms with Crippen molar-refractivity contribution in [2.45, 2.75) is 63.6 Å². The zero-order chi connectivity index (χ0) is 27.6. The summed E-state index contributed by atoms with van der Waals surface area (Å²) in [7, 11) is 0. The summed E-state index contributed by atoms with van der Waals surface area (Å²) in [6.45, 7) is 3.37. The van der Waals surface area contributed by atoms with Gasteiger partial charge in [-0.15, -0.1) is 0 Å². The van der Waals surface area contributed by atoms with Crippen LogP contribution in [0.2, 0.25) is 0 Å². The molecule has 2 aliphatic carbocycles. The van der Waals surface area contributed by atoms with Crippen LogP contribution in [-0.4, -0.2) is 50.9 Å². The van der Waals surface area contributed by atoms with E-state index in [0.29, 0.717) is 24.0 Å². The van der Waals surface area contributed by atoms with Gasteiger partial charge < -0.3 is 9.64 Å². The van der Waals surface area contributed by atoms with Crippen molar-refractivity contribution in [3.63, 3.8) is 0 Å². The first-order valence-corrected chi connectivity index (χ1v) is 13.0. The third-order valence-electron chi connectivity index (χ3n) is 7.16. The van der Waals surface area contributed by atoms with Crippen molar-refractivity contribution in [1.29, 1.82) is 5.26 Å². The van der Waals surface area contributed by atoms with E-state index in [0.717, 1.165) is 41.6 Å². The van der Waals surface area contributed by atoms with Gasteiger partial charge in [0.15, 0.2) is 0 Å². The summed E-state index contributed by atoms with van der Waals surface area (Å²) >= 11 is 0. The predicted octanol–water partition coefficient (Wildman–Crippen LogP) is 5.66. The van der Waals surface area contributed by atoms with E-state index in [1.165, 1.54) is 4.68 Å². The number of nitrogens with zero attached hydrogens (tertiary/aromatic N) is 7. The molecule has 10 nitrogen and oxygen atoms in total. The highest BCUT2D eigenvalue weighted by molar-refractivity contribution is 5.95. The highest BCUT2D eigenvalue weighted by atomic mass is 16.6. The lowest BCUT2D eigenvalue weighted by molar-refractivity contribution is 0.0441. The molecule has 1 saturated carbocycles. The maximum Gasteiger partial charge on any atom is 0.435 e. The number of ether oxygens (including phenoxy) is 1. The molecule has 0 radical (unpaired) electrons. The number of carbonyl (C=O) groups is 2. The van der Waals surface area contributed by atoms with Gasteiger partial charge in [0.25, 0.3) is 5.91 Å². The van der Waals surface area contributed by atoms with Crippen molar-refractivity contribution < 1.29 is 14.3 Å². The number of benzene rings is 2. The SMILES string of the molecule is CC(C)(CN=[N+]=[N-])OC(=O)n1cc2c(n1)CCC(N(C(=O)c1ccc(-c3ccc(C#N)cc3)cc1)C1CC1)C2. The van der Waals surface area contributed by atoms with E-state index in [1.54, 1.807) is 32.2 Å². The topological polar surface area (TPSA) is 137 Å². The van der Waals surface area contributed by atoms with E-state index in [2.05, 4.69) is 21.2 Å². The Balaban J connectivity index is 1.29. The molecular weight excluding hydrogens is 494 g/mol. The van der Waals surface area contributed by atoms with E-state index < -0.39 is 11.7 Å². The number of aromatic nitrogens is 2. The Morgan fingerprint density at radius 1 is 1.13 bits per heavy atom. The summed E-state index contributed by atoms with van der Waals surface area (Å²) in [6, 6.07) is 17.4. The second-order valence-corrected chi connectivity index (χ2v) is 10.7. The Morgan fingerprint density at radius 2 is 1.79 bits per heavy atom. The van der Waals surface area contributed by atoms with E-state index in [1.807, 2.05) is 41.3 Å². The summed E-state index contributed by atoms with van der Waals surface area (Å²) in [5.41, 5.74) is 12.6. The van der Waals surface area contributed by atoms with Gasteiger partial charge in [-0.1, -0.05) is 29.4 Å². The van der Waals surface area contributed by atoms with Gasteiger partial charge in [0, 0.05) is 28.8 Å². The summed E-state index contributed by atoms with van der Waals surface area (Å²) in [5, 5.41) is 17.0. The van der Waals surface area contributed by atoms with E-state index in [4.69, 9.17) is 15.5 Å². The molecule has 2 aliphatic rings.